The average Bonchev–Trinajstić information content (AvgIpc) is 3.59. The van der Waals surface area contributed by atoms with E-state index in [9.17, 15) is 18.0 Å². The van der Waals surface area contributed by atoms with E-state index in [1.54, 1.807) is 52.8 Å². The minimum absolute atomic E-state index is 0.0288. The van der Waals surface area contributed by atoms with Crippen LogP contribution in [0.5, 0.6) is 0 Å². The lowest BCUT2D eigenvalue weighted by Gasteiger charge is -2.33. The van der Waals surface area contributed by atoms with Gasteiger partial charge in [-0.3, -0.25) is 9.36 Å². The molecule has 2 aliphatic rings. The van der Waals surface area contributed by atoms with Crippen LogP contribution in [-0.2, 0) is 21.3 Å². The number of nitrogens with zero attached hydrogens (tertiary/aromatic N) is 5. The Labute approximate surface area is 239 Å². The zero-order valence-electron chi connectivity index (χ0n) is 21.9. The number of rotatable bonds is 6. The fourth-order valence-electron chi connectivity index (χ4n) is 5.30. The van der Waals surface area contributed by atoms with Crippen LogP contribution >= 0.6 is 11.3 Å². The first-order valence-electron chi connectivity index (χ1n) is 12.8. The summed E-state index contributed by atoms with van der Waals surface area (Å²) in [6, 6.07) is 12.5. The molecule has 2 aliphatic heterocycles. The van der Waals surface area contributed by atoms with Crippen molar-refractivity contribution in [1.29, 1.82) is 5.26 Å². The first-order chi connectivity index (χ1) is 19.6. The number of benzene rings is 2. The zero-order chi connectivity index (χ0) is 28.9. The molecular weight excluding hydrogens is 566 g/mol. The number of piperidine rings is 1. The van der Waals surface area contributed by atoms with E-state index in [0.717, 1.165) is 16.9 Å². The van der Waals surface area contributed by atoms with Crippen LogP contribution in [-0.4, -0.2) is 59.2 Å². The Kier molecular flexibility index (Phi) is 6.72. The molecule has 0 unspecified atom stereocenters. The minimum atomic E-state index is -3.94. The van der Waals surface area contributed by atoms with Crippen molar-refractivity contribution in [1.82, 2.24) is 19.4 Å². The van der Waals surface area contributed by atoms with Crippen molar-refractivity contribution < 1.29 is 17.9 Å². The first kappa shape index (κ1) is 26.9. The molecule has 0 radical (unpaired) electrons. The number of ether oxygens (including phenoxy) is 1. The van der Waals surface area contributed by atoms with Crippen LogP contribution < -0.4 is 16.0 Å². The van der Waals surface area contributed by atoms with Crippen molar-refractivity contribution in [3.05, 3.63) is 69.9 Å². The molecule has 2 aromatic heterocycles. The Balaban J connectivity index is 1.42. The smallest absolute Gasteiger partial charge is 0.410 e. The van der Waals surface area contributed by atoms with E-state index in [4.69, 9.17) is 20.1 Å². The van der Waals surface area contributed by atoms with Crippen molar-refractivity contribution >= 4 is 44.0 Å². The zero-order valence-corrected chi connectivity index (χ0v) is 23.5. The van der Waals surface area contributed by atoms with Crippen LogP contribution in [0.1, 0.15) is 29.8 Å². The summed E-state index contributed by atoms with van der Waals surface area (Å²) >= 11 is 0.939. The predicted octanol–water partition coefficient (Wildman–Crippen LogP) is 2.79. The third-order valence-corrected chi connectivity index (χ3v) is 9.85. The number of sulfonamides is 1. The number of anilines is 1. The van der Waals surface area contributed by atoms with Gasteiger partial charge in [0.1, 0.15) is 17.4 Å². The number of aromatic nitrogens is 3. The van der Waals surface area contributed by atoms with E-state index >= 15 is 0 Å². The van der Waals surface area contributed by atoms with Crippen molar-refractivity contribution in [2.24, 2.45) is 5.14 Å². The number of carbonyl (C=O) groups is 1. The number of amides is 1. The molecule has 0 bridgehead atoms. The van der Waals surface area contributed by atoms with Crippen LogP contribution in [0.2, 0.25) is 0 Å². The van der Waals surface area contributed by atoms with Crippen molar-refractivity contribution in [2.45, 2.75) is 42.6 Å². The molecule has 41 heavy (non-hydrogen) atoms. The van der Waals surface area contributed by atoms with Gasteiger partial charge in [-0.25, -0.2) is 28.3 Å². The molecule has 12 nitrogen and oxygen atoms in total. The monoisotopic (exact) mass is 591 g/mol. The Morgan fingerprint density at radius 1 is 1.24 bits per heavy atom. The fourth-order valence-corrected chi connectivity index (χ4v) is 6.88. The normalized spacial score (nSPS) is 18.7. The number of hydrogen-bond donors (Lipinski definition) is 2. The molecule has 2 atom stereocenters. The Hall–Kier alpha value is -4.32. The second-order valence-electron chi connectivity index (χ2n) is 10.1. The Morgan fingerprint density at radius 2 is 2.02 bits per heavy atom. The molecule has 4 aromatic rings. The summed E-state index contributed by atoms with van der Waals surface area (Å²) < 4.78 is 30.6. The largest absolute Gasteiger partial charge is 0.447 e. The molecule has 3 N–H and O–H groups in total. The van der Waals surface area contributed by atoms with Gasteiger partial charge in [0, 0.05) is 23.8 Å². The van der Waals surface area contributed by atoms with E-state index in [1.807, 2.05) is 0 Å². The van der Waals surface area contributed by atoms with E-state index in [2.05, 4.69) is 16.4 Å². The number of hydrogen-bond acceptors (Lipinski definition) is 10. The molecule has 0 aliphatic carbocycles. The molecule has 6 rings (SSSR count). The number of thiazole rings is 1. The van der Waals surface area contributed by atoms with Gasteiger partial charge in [0.2, 0.25) is 10.0 Å². The number of fused-ring (bicyclic) bond motifs is 2. The molecular formula is C27H25N7O5S2. The second-order valence-corrected chi connectivity index (χ2v) is 12.9. The fraction of sp³-hybridized carbons (Fsp3) is 0.296. The van der Waals surface area contributed by atoms with Gasteiger partial charge in [0.05, 0.1) is 41.3 Å². The molecule has 2 aromatic carbocycles. The molecule has 0 saturated carbocycles. The molecule has 1 amide bonds. The van der Waals surface area contributed by atoms with Crippen LogP contribution in [0.4, 0.5) is 10.5 Å². The SMILES string of the molecule is Cc1nc2cc(-c3ncc(S(N)(=O)=O)s3)c(N[C@H]3CCN4C(=O)OC[C@@H]4C3)cc2c(=O)n1Cc1ccc(C#N)cc1. The van der Waals surface area contributed by atoms with Gasteiger partial charge in [-0.15, -0.1) is 11.3 Å². The van der Waals surface area contributed by atoms with Crippen LogP contribution in [0.3, 0.4) is 0 Å². The standard InChI is InChI=1S/C27H25N7O5S2/c1-15-31-23-9-20(25-30-12-24(40-25)41(29,37)38)22(32-18-6-7-33-19(8-18)14-39-27(33)36)10-21(23)26(35)34(15)13-17-4-2-16(11-28)3-5-17/h2-5,9-10,12,18-19,32H,6-8,13-14H2,1H3,(H2,29,37,38)/t18-,19-/m0/s1. The molecule has 2 fully saturated rings. The van der Waals surface area contributed by atoms with E-state index < -0.39 is 10.0 Å². The predicted molar refractivity (Wildman–Crippen MR) is 152 cm³/mol. The molecule has 14 heteroatoms. The highest BCUT2D eigenvalue weighted by atomic mass is 32.2. The maximum atomic E-state index is 13.8. The summed E-state index contributed by atoms with van der Waals surface area (Å²) in [5, 5.41) is 18.7. The topological polar surface area (TPSA) is 173 Å². The molecule has 210 valence electrons. The van der Waals surface area contributed by atoms with Gasteiger partial charge >= 0.3 is 6.09 Å². The van der Waals surface area contributed by atoms with E-state index in [1.165, 1.54) is 6.20 Å². The van der Waals surface area contributed by atoms with Crippen LogP contribution in [0.25, 0.3) is 21.5 Å². The number of carbonyl (C=O) groups excluding carboxylic acids is 1. The van der Waals surface area contributed by atoms with Gasteiger partial charge in [-0.2, -0.15) is 5.26 Å². The van der Waals surface area contributed by atoms with Gasteiger partial charge in [-0.05, 0) is 49.6 Å². The van der Waals surface area contributed by atoms with Gasteiger partial charge in [0.25, 0.3) is 5.56 Å². The molecule has 0 spiro atoms. The maximum absolute atomic E-state index is 13.8. The van der Waals surface area contributed by atoms with Crippen molar-refractivity contribution in [3.63, 3.8) is 0 Å². The number of aryl methyl sites for hydroxylation is 1. The summed E-state index contributed by atoms with van der Waals surface area (Å²) in [6.45, 7) is 2.89. The molecule has 4 heterocycles. The number of nitrogens with two attached hydrogens (primary N) is 1. The quantitative estimate of drug-likeness (QED) is 0.342. The van der Waals surface area contributed by atoms with Crippen LogP contribution in [0.15, 0.2) is 51.6 Å². The number of nitriles is 1. The number of cyclic esters (lactones) is 1. The van der Waals surface area contributed by atoms with Crippen molar-refractivity contribution in [3.8, 4) is 16.6 Å². The summed E-state index contributed by atoms with van der Waals surface area (Å²) in [5.74, 6) is 0.501. The van der Waals surface area contributed by atoms with Gasteiger partial charge in [-0.1, -0.05) is 12.1 Å². The first-order valence-corrected chi connectivity index (χ1v) is 15.2. The lowest BCUT2D eigenvalue weighted by Crippen LogP contribution is -2.45. The van der Waals surface area contributed by atoms with E-state index in [0.29, 0.717) is 64.5 Å². The lowest BCUT2D eigenvalue weighted by molar-refractivity contribution is 0.153. The summed E-state index contributed by atoms with van der Waals surface area (Å²) in [6.07, 6.45) is 2.23. The Bertz CT molecular complexity index is 1890. The summed E-state index contributed by atoms with van der Waals surface area (Å²) in [7, 11) is -3.94. The van der Waals surface area contributed by atoms with Gasteiger partial charge < -0.3 is 15.0 Å². The second kappa shape index (κ2) is 10.3. The molecule has 2 saturated heterocycles. The number of primary sulfonamides is 1. The summed E-state index contributed by atoms with van der Waals surface area (Å²) in [4.78, 5) is 36.5. The summed E-state index contributed by atoms with van der Waals surface area (Å²) in [5.41, 5.74) is 2.79. The highest BCUT2D eigenvalue weighted by Crippen LogP contribution is 2.37. The third kappa shape index (κ3) is 5.15. The maximum Gasteiger partial charge on any atom is 0.410 e. The van der Waals surface area contributed by atoms with Crippen molar-refractivity contribution in [2.75, 3.05) is 18.5 Å². The number of nitrogens with one attached hydrogen (secondary N) is 1. The lowest BCUT2D eigenvalue weighted by atomic mass is 9.97. The van der Waals surface area contributed by atoms with E-state index in [-0.39, 0.29) is 34.5 Å². The highest BCUT2D eigenvalue weighted by molar-refractivity contribution is 7.91. The van der Waals surface area contributed by atoms with Crippen LogP contribution in [0, 0.1) is 18.3 Å². The highest BCUT2D eigenvalue weighted by Gasteiger charge is 2.38. The Morgan fingerprint density at radius 3 is 2.73 bits per heavy atom. The van der Waals surface area contributed by atoms with Gasteiger partial charge in [0.15, 0.2) is 4.21 Å². The minimum Gasteiger partial charge on any atom is -0.447 e. The average molecular weight is 592 g/mol. The third-order valence-electron chi connectivity index (χ3n) is 7.41.